The number of carbonyl (C=O) groups is 1. The molecular weight excluding hydrogens is 244 g/mol. The molecule has 0 saturated heterocycles. The fourth-order valence-corrected chi connectivity index (χ4v) is 3.01. The number of anilines is 1. The Labute approximate surface area is 114 Å². The Morgan fingerprint density at radius 1 is 1.39 bits per heavy atom. The van der Waals surface area contributed by atoms with Crippen LogP contribution in [-0.2, 0) is 0 Å². The normalized spacial score (nSPS) is 12.4. The molecule has 0 aliphatic heterocycles. The quantitative estimate of drug-likeness (QED) is 0.560. The monoisotopic (exact) mass is 268 g/mol. The van der Waals surface area contributed by atoms with Crippen molar-refractivity contribution in [2.75, 3.05) is 5.32 Å². The molecule has 0 radical (unpaired) electrons. The van der Waals surface area contributed by atoms with Crippen LogP contribution >= 0.6 is 11.5 Å². The number of carbonyl (C=O) groups excluding carboxylic acids is 1. The van der Waals surface area contributed by atoms with Crippen LogP contribution in [0.5, 0.6) is 0 Å². The number of rotatable bonds is 8. The van der Waals surface area contributed by atoms with Crippen molar-refractivity contribution >= 4 is 22.3 Å². The minimum Gasteiger partial charge on any atom is -0.373 e. The van der Waals surface area contributed by atoms with E-state index >= 15 is 0 Å². The SMILES string of the molecule is CCCCCCC(C)Nc1snc(C)c1C(C)=O. The molecule has 0 spiro atoms. The number of nitrogens with zero attached hydrogens (tertiary/aromatic N) is 1. The van der Waals surface area contributed by atoms with Crippen molar-refractivity contribution in [1.82, 2.24) is 4.37 Å². The van der Waals surface area contributed by atoms with E-state index in [0.717, 1.165) is 22.7 Å². The van der Waals surface area contributed by atoms with Crippen LogP contribution in [0, 0.1) is 6.92 Å². The highest BCUT2D eigenvalue weighted by Crippen LogP contribution is 2.26. The van der Waals surface area contributed by atoms with Gasteiger partial charge in [-0.1, -0.05) is 32.6 Å². The zero-order valence-electron chi connectivity index (χ0n) is 11.9. The van der Waals surface area contributed by atoms with Gasteiger partial charge >= 0.3 is 0 Å². The van der Waals surface area contributed by atoms with Crippen molar-refractivity contribution in [1.29, 1.82) is 0 Å². The van der Waals surface area contributed by atoms with Gasteiger partial charge in [0.15, 0.2) is 5.78 Å². The summed E-state index contributed by atoms with van der Waals surface area (Å²) in [7, 11) is 0. The average Bonchev–Trinajstić information content (AvgIpc) is 2.66. The Kier molecular flexibility index (Phi) is 6.33. The minimum absolute atomic E-state index is 0.0990. The largest absolute Gasteiger partial charge is 0.373 e. The summed E-state index contributed by atoms with van der Waals surface area (Å²) in [5.74, 6) is 0.0990. The molecule has 0 aromatic carbocycles. The van der Waals surface area contributed by atoms with Gasteiger partial charge in [-0.3, -0.25) is 4.79 Å². The van der Waals surface area contributed by atoms with E-state index in [1.165, 1.54) is 37.2 Å². The van der Waals surface area contributed by atoms with Crippen molar-refractivity contribution in [3.63, 3.8) is 0 Å². The second kappa shape index (κ2) is 7.52. The third kappa shape index (κ3) is 4.41. The number of Topliss-reactive ketones (excluding diaryl/α,β-unsaturated/α-hetero) is 1. The summed E-state index contributed by atoms with van der Waals surface area (Å²) in [5, 5.41) is 4.36. The molecule has 18 heavy (non-hydrogen) atoms. The van der Waals surface area contributed by atoms with Gasteiger partial charge < -0.3 is 5.32 Å². The van der Waals surface area contributed by atoms with Gasteiger partial charge in [0.1, 0.15) is 5.00 Å². The number of aryl methyl sites for hydroxylation is 1. The number of unbranched alkanes of at least 4 members (excludes halogenated alkanes) is 3. The Hall–Kier alpha value is -0.900. The maximum absolute atomic E-state index is 11.6. The standard InChI is InChI=1S/C14H24N2OS/c1-5-6-7-8-9-10(2)15-14-13(12(4)17)11(3)16-18-14/h10,15H,5-9H2,1-4H3. The van der Waals surface area contributed by atoms with Gasteiger partial charge in [0.05, 0.1) is 11.3 Å². The van der Waals surface area contributed by atoms with Crippen LogP contribution < -0.4 is 5.32 Å². The fourth-order valence-electron chi connectivity index (χ4n) is 2.06. The van der Waals surface area contributed by atoms with E-state index in [-0.39, 0.29) is 5.78 Å². The summed E-state index contributed by atoms with van der Waals surface area (Å²) >= 11 is 1.39. The van der Waals surface area contributed by atoms with Gasteiger partial charge in [-0.05, 0) is 38.7 Å². The lowest BCUT2D eigenvalue weighted by molar-refractivity contribution is 0.101. The van der Waals surface area contributed by atoms with Crippen molar-refractivity contribution in [3.05, 3.63) is 11.3 Å². The van der Waals surface area contributed by atoms with E-state index in [2.05, 4.69) is 23.5 Å². The summed E-state index contributed by atoms with van der Waals surface area (Å²) < 4.78 is 4.26. The number of aromatic nitrogens is 1. The molecule has 0 aliphatic carbocycles. The van der Waals surface area contributed by atoms with E-state index in [4.69, 9.17) is 0 Å². The molecule has 0 amide bonds. The Morgan fingerprint density at radius 3 is 2.72 bits per heavy atom. The summed E-state index contributed by atoms with van der Waals surface area (Å²) in [6, 6.07) is 0.403. The predicted molar refractivity (Wildman–Crippen MR) is 78.7 cm³/mol. The maximum atomic E-state index is 11.6. The zero-order valence-corrected chi connectivity index (χ0v) is 12.7. The molecule has 1 aromatic heterocycles. The molecule has 0 bridgehead atoms. The molecule has 0 fully saturated rings. The van der Waals surface area contributed by atoms with Gasteiger partial charge in [0.25, 0.3) is 0 Å². The predicted octanol–water partition coefficient (Wildman–Crippen LogP) is 4.42. The molecule has 0 aliphatic rings. The molecule has 1 heterocycles. The van der Waals surface area contributed by atoms with Crippen LogP contribution in [0.4, 0.5) is 5.00 Å². The number of nitrogens with one attached hydrogen (secondary N) is 1. The Morgan fingerprint density at radius 2 is 2.11 bits per heavy atom. The first-order valence-electron chi connectivity index (χ1n) is 6.80. The molecule has 1 aromatic rings. The lowest BCUT2D eigenvalue weighted by atomic mass is 10.1. The van der Waals surface area contributed by atoms with Crippen molar-refractivity contribution in [2.45, 2.75) is 65.8 Å². The maximum Gasteiger partial charge on any atom is 0.164 e. The van der Waals surface area contributed by atoms with Gasteiger partial charge in [-0.25, -0.2) is 0 Å². The van der Waals surface area contributed by atoms with E-state index in [9.17, 15) is 4.79 Å². The summed E-state index contributed by atoms with van der Waals surface area (Å²) in [5.41, 5.74) is 1.61. The number of hydrogen-bond acceptors (Lipinski definition) is 4. The summed E-state index contributed by atoms with van der Waals surface area (Å²) in [6.45, 7) is 7.89. The van der Waals surface area contributed by atoms with Crippen molar-refractivity contribution in [2.24, 2.45) is 0 Å². The molecule has 1 atom stereocenters. The first-order chi connectivity index (χ1) is 8.56. The van der Waals surface area contributed by atoms with E-state index in [1.54, 1.807) is 6.92 Å². The van der Waals surface area contributed by atoms with Gasteiger partial charge in [-0.15, -0.1) is 0 Å². The third-order valence-corrected chi connectivity index (χ3v) is 3.95. The molecule has 0 saturated carbocycles. The first kappa shape index (κ1) is 15.2. The Bertz CT molecular complexity index is 387. The third-order valence-electron chi connectivity index (χ3n) is 3.08. The minimum atomic E-state index is 0.0990. The van der Waals surface area contributed by atoms with Gasteiger partial charge in [0, 0.05) is 6.04 Å². The van der Waals surface area contributed by atoms with Gasteiger partial charge in [0.2, 0.25) is 0 Å². The van der Waals surface area contributed by atoms with Crippen LogP contribution in [0.15, 0.2) is 0 Å². The highest BCUT2D eigenvalue weighted by molar-refractivity contribution is 7.10. The van der Waals surface area contributed by atoms with Gasteiger partial charge in [-0.2, -0.15) is 4.37 Å². The number of ketones is 1. The zero-order chi connectivity index (χ0) is 13.5. The van der Waals surface area contributed by atoms with Crippen LogP contribution in [0.25, 0.3) is 0 Å². The molecule has 3 nitrogen and oxygen atoms in total. The van der Waals surface area contributed by atoms with Crippen LogP contribution in [0.3, 0.4) is 0 Å². The lowest BCUT2D eigenvalue weighted by Gasteiger charge is -2.14. The van der Waals surface area contributed by atoms with Crippen LogP contribution in [0.1, 0.15) is 68.9 Å². The molecule has 1 unspecified atom stereocenters. The van der Waals surface area contributed by atoms with Crippen molar-refractivity contribution < 1.29 is 4.79 Å². The molecule has 4 heteroatoms. The fraction of sp³-hybridized carbons (Fsp3) is 0.714. The molecule has 1 rings (SSSR count). The van der Waals surface area contributed by atoms with Crippen LogP contribution in [0.2, 0.25) is 0 Å². The molecule has 1 N–H and O–H groups in total. The highest BCUT2D eigenvalue weighted by atomic mass is 32.1. The second-order valence-corrected chi connectivity index (χ2v) is 5.70. The summed E-state index contributed by atoms with van der Waals surface area (Å²) in [6.07, 6.45) is 6.27. The van der Waals surface area contributed by atoms with Crippen LogP contribution in [-0.4, -0.2) is 16.2 Å². The van der Waals surface area contributed by atoms with E-state index in [1.807, 2.05) is 6.92 Å². The first-order valence-corrected chi connectivity index (χ1v) is 7.57. The second-order valence-electron chi connectivity index (χ2n) is 4.92. The lowest BCUT2D eigenvalue weighted by Crippen LogP contribution is -2.15. The Balaban J connectivity index is 2.49. The summed E-state index contributed by atoms with van der Waals surface area (Å²) in [4.78, 5) is 11.6. The highest BCUT2D eigenvalue weighted by Gasteiger charge is 2.16. The molecular formula is C14H24N2OS. The topological polar surface area (TPSA) is 42.0 Å². The smallest absolute Gasteiger partial charge is 0.164 e. The van der Waals surface area contributed by atoms with E-state index in [0.29, 0.717) is 6.04 Å². The molecule has 102 valence electrons. The average molecular weight is 268 g/mol. The van der Waals surface area contributed by atoms with Crippen molar-refractivity contribution in [3.8, 4) is 0 Å². The number of hydrogen-bond donors (Lipinski definition) is 1. The van der Waals surface area contributed by atoms with E-state index < -0.39 is 0 Å².